The van der Waals surface area contributed by atoms with Gasteiger partial charge in [-0.15, -0.1) is 0 Å². The van der Waals surface area contributed by atoms with Gasteiger partial charge in [-0.2, -0.15) is 0 Å². The van der Waals surface area contributed by atoms with Crippen molar-refractivity contribution in [3.8, 4) is 28.6 Å². The summed E-state index contributed by atoms with van der Waals surface area (Å²) < 4.78 is 22.7. The average Bonchev–Trinajstić information content (AvgIpc) is 2.92. The lowest BCUT2D eigenvalue weighted by atomic mass is 9.89. The van der Waals surface area contributed by atoms with E-state index < -0.39 is 85.3 Å². The molecule has 5 rings (SSSR count). The van der Waals surface area contributed by atoms with Crippen LogP contribution in [0.2, 0.25) is 0 Å². The zero-order valence-electron chi connectivity index (χ0n) is 20.6. The number of benzene rings is 2. The number of hydrogen-bond acceptors (Lipinski definition) is 14. The molecular weight excluding hydrogens is 536 g/mol. The van der Waals surface area contributed by atoms with Crippen LogP contribution in [0.1, 0.15) is 11.7 Å². The monoisotopic (exact) mass is 564 g/mol. The molecule has 40 heavy (non-hydrogen) atoms. The third-order valence-electron chi connectivity index (χ3n) is 7.05. The predicted molar refractivity (Wildman–Crippen MR) is 132 cm³/mol. The molecule has 1 aromatic heterocycles. The van der Waals surface area contributed by atoms with Crippen molar-refractivity contribution in [2.75, 3.05) is 13.2 Å². The molecule has 2 saturated heterocycles. The lowest BCUT2D eigenvalue weighted by molar-refractivity contribution is -0.325. The first-order valence-corrected chi connectivity index (χ1v) is 12.3. The third kappa shape index (κ3) is 4.89. The van der Waals surface area contributed by atoms with Gasteiger partial charge >= 0.3 is 0 Å². The second-order valence-corrected chi connectivity index (χ2v) is 9.66. The molecule has 0 amide bonds. The van der Waals surface area contributed by atoms with Crippen LogP contribution in [0.5, 0.6) is 17.2 Å². The molecule has 2 fully saturated rings. The van der Waals surface area contributed by atoms with E-state index in [1.54, 1.807) is 0 Å². The minimum absolute atomic E-state index is 0.0283. The Morgan fingerprint density at radius 3 is 2.25 bits per heavy atom. The zero-order chi connectivity index (χ0) is 28.9. The maximum atomic E-state index is 13.1. The Morgan fingerprint density at radius 2 is 1.57 bits per heavy atom. The summed E-state index contributed by atoms with van der Waals surface area (Å²) in [4.78, 5) is 13.1. The van der Waals surface area contributed by atoms with Crippen LogP contribution >= 0.6 is 0 Å². The van der Waals surface area contributed by atoms with Crippen molar-refractivity contribution in [2.24, 2.45) is 0 Å². The number of aliphatic hydroxyl groups excluding tert-OH is 6. The Labute approximate surface area is 225 Å². The second-order valence-electron chi connectivity index (χ2n) is 9.66. The van der Waals surface area contributed by atoms with Crippen LogP contribution in [-0.4, -0.2) is 108 Å². The fourth-order valence-electron chi connectivity index (χ4n) is 4.89. The van der Waals surface area contributed by atoms with E-state index in [-0.39, 0.29) is 28.0 Å². The first-order chi connectivity index (χ1) is 19.0. The number of hydrogen-bond donors (Lipinski definition) is 9. The minimum atomic E-state index is -1.84. The highest BCUT2D eigenvalue weighted by molar-refractivity contribution is 5.89. The maximum Gasteiger partial charge on any atom is 0.197 e. The Kier molecular flexibility index (Phi) is 7.71. The summed E-state index contributed by atoms with van der Waals surface area (Å²) >= 11 is 0. The number of ether oxygens (including phenoxy) is 3. The van der Waals surface area contributed by atoms with Gasteiger partial charge < -0.3 is 64.6 Å². The van der Waals surface area contributed by atoms with Crippen LogP contribution in [0.15, 0.2) is 45.6 Å². The number of rotatable bonds is 5. The van der Waals surface area contributed by atoms with Crippen LogP contribution < -0.4 is 5.43 Å². The number of fused-ring (bicyclic) bond motifs is 1. The van der Waals surface area contributed by atoms with Gasteiger partial charge in [0.05, 0.1) is 18.8 Å². The second kappa shape index (κ2) is 10.9. The SMILES string of the molecule is O=c1cc(-c2ccc(O)cc2)oc2c([C@@H]3O[C@H](CO)[C@@H](O)[C@H](O)[C@H]3O[C@@H]3OC[C@@H](O)[C@H](O)[C@H]3O)c(O)cc(O)c12. The summed E-state index contributed by atoms with van der Waals surface area (Å²) in [6.45, 7) is -1.23. The standard InChI is InChI=1S/C26H28O14/c27-7-16-20(34)21(35)25(40-26-22(36)19(33)14(32)8-37-26)24(39-16)18-12(30)5-11(29)17-13(31)6-15(38-23(17)18)9-1-3-10(28)4-2-9/h1-6,14,16,19-22,24-30,32-36H,7-8H2/t14-,16-,19+,20-,21+,22-,24+,25-,26+/m1/s1. The predicted octanol–water partition coefficient (Wildman–Crippen LogP) is -1.45. The van der Waals surface area contributed by atoms with Gasteiger partial charge in [-0.3, -0.25) is 4.79 Å². The molecule has 3 aromatic rings. The fourth-order valence-corrected chi connectivity index (χ4v) is 4.89. The highest BCUT2D eigenvalue weighted by Crippen LogP contribution is 2.45. The quantitative estimate of drug-likeness (QED) is 0.172. The summed E-state index contributed by atoms with van der Waals surface area (Å²) in [7, 11) is 0. The third-order valence-corrected chi connectivity index (χ3v) is 7.05. The van der Waals surface area contributed by atoms with Crippen molar-refractivity contribution in [2.45, 2.75) is 55.1 Å². The number of aliphatic hydroxyl groups is 6. The van der Waals surface area contributed by atoms with Crippen LogP contribution in [0.3, 0.4) is 0 Å². The molecule has 0 bridgehead atoms. The Morgan fingerprint density at radius 1 is 0.875 bits per heavy atom. The highest BCUT2D eigenvalue weighted by Gasteiger charge is 2.50. The number of phenols is 3. The minimum Gasteiger partial charge on any atom is -0.508 e. The molecule has 0 radical (unpaired) electrons. The van der Waals surface area contributed by atoms with E-state index in [2.05, 4.69) is 0 Å². The van der Waals surface area contributed by atoms with Crippen molar-refractivity contribution in [3.05, 3.63) is 52.2 Å². The van der Waals surface area contributed by atoms with E-state index in [0.717, 1.165) is 12.1 Å². The Balaban J connectivity index is 1.66. The topological polar surface area (TPSA) is 240 Å². The normalized spacial score (nSPS) is 32.8. The lowest BCUT2D eigenvalue weighted by Crippen LogP contribution is -2.60. The van der Waals surface area contributed by atoms with Crippen molar-refractivity contribution in [1.29, 1.82) is 0 Å². The summed E-state index contributed by atoms with van der Waals surface area (Å²) in [6, 6.07) is 7.52. The van der Waals surface area contributed by atoms with Gasteiger partial charge in [0.1, 0.15) is 77.2 Å². The van der Waals surface area contributed by atoms with Gasteiger partial charge in [-0.1, -0.05) is 0 Å². The van der Waals surface area contributed by atoms with Gasteiger partial charge in [-0.25, -0.2) is 0 Å². The van der Waals surface area contributed by atoms with Crippen molar-refractivity contribution in [3.63, 3.8) is 0 Å². The molecular formula is C26H28O14. The van der Waals surface area contributed by atoms with E-state index in [1.807, 2.05) is 0 Å². The van der Waals surface area contributed by atoms with Crippen LogP contribution in [-0.2, 0) is 14.2 Å². The van der Waals surface area contributed by atoms with E-state index in [1.165, 1.54) is 24.3 Å². The van der Waals surface area contributed by atoms with Crippen molar-refractivity contribution < 1.29 is 64.6 Å². The average molecular weight is 564 g/mol. The van der Waals surface area contributed by atoms with Gasteiger partial charge in [-0.05, 0) is 24.3 Å². The molecule has 2 aromatic carbocycles. The molecule has 0 saturated carbocycles. The smallest absolute Gasteiger partial charge is 0.197 e. The summed E-state index contributed by atoms with van der Waals surface area (Å²) in [5.41, 5.74) is -1.07. The van der Waals surface area contributed by atoms with Gasteiger partial charge in [0.2, 0.25) is 0 Å². The largest absolute Gasteiger partial charge is 0.508 e. The first-order valence-electron chi connectivity index (χ1n) is 12.3. The van der Waals surface area contributed by atoms with Gasteiger partial charge in [0.15, 0.2) is 17.3 Å². The Hall–Kier alpha value is -3.31. The molecule has 9 atom stereocenters. The van der Waals surface area contributed by atoms with E-state index in [9.17, 15) is 50.8 Å². The van der Waals surface area contributed by atoms with E-state index in [4.69, 9.17) is 18.6 Å². The van der Waals surface area contributed by atoms with Crippen molar-refractivity contribution in [1.82, 2.24) is 0 Å². The van der Waals surface area contributed by atoms with Gasteiger partial charge in [0.25, 0.3) is 0 Å². The van der Waals surface area contributed by atoms with Crippen molar-refractivity contribution >= 4 is 11.0 Å². The molecule has 14 heteroatoms. The van der Waals surface area contributed by atoms with Crippen LogP contribution in [0.25, 0.3) is 22.3 Å². The highest BCUT2D eigenvalue weighted by atomic mass is 16.7. The molecule has 14 nitrogen and oxygen atoms in total. The lowest BCUT2D eigenvalue weighted by Gasteiger charge is -2.45. The van der Waals surface area contributed by atoms with Crippen LogP contribution in [0, 0.1) is 0 Å². The number of phenolic OH excluding ortho intramolecular Hbond substituents is 3. The zero-order valence-corrected chi connectivity index (χ0v) is 20.6. The summed E-state index contributed by atoms with van der Waals surface area (Å²) in [5.74, 6) is -1.39. The number of aromatic hydroxyl groups is 3. The molecule has 0 unspecified atom stereocenters. The fraction of sp³-hybridized carbons (Fsp3) is 0.423. The molecule has 0 aliphatic carbocycles. The summed E-state index contributed by atoms with van der Waals surface area (Å²) in [6.07, 6.45) is -14.8. The Bertz CT molecular complexity index is 1420. The molecule has 216 valence electrons. The van der Waals surface area contributed by atoms with E-state index in [0.29, 0.717) is 5.56 Å². The van der Waals surface area contributed by atoms with Crippen LogP contribution in [0.4, 0.5) is 0 Å². The first kappa shape index (κ1) is 28.2. The molecule has 3 heterocycles. The summed E-state index contributed by atoms with van der Waals surface area (Å²) in [5, 5.41) is 92.2. The van der Waals surface area contributed by atoms with E-state index >= 15 is 0 Å². The van der Waals surface area contributed by atoms with Gasteiger partial charge in [0, 0.05) is 17.7 Å². The maximum absolute atomic E-state index is 13.1. The molecule has 9 N–H and O–H groups in total. The molecule has 2 aliphatic heterocycles. The molecule has 0 spiro atoms. The molecule has 2 aliphatic rings.